The van der Waals surface area contributed by atoms with Crippen LogP contribution in [0.5, 0.6) is 0 Å². The standard InChI is InChI=1S/C19H28N6O4/c1-12(2)7-9-24-15-16(21-18(24)23-8-5-6-13(20)10-23)25(11-14(26)29-4)19(28)22(3)17(15)27/h7,13H,5-6,8-11,20H2,1-4H3. The molecule has 1 saturated heterocycles. The Morgan fingerprint density at radius 1 is 1.31 bits per heavy atom. The highest BCUT2D eigenvalue weighted by Gasteiger charge is 2.26. The number of esters is 1. The van der Waals surface area contributed by atoms with Gasteiger partial charge in [-0.05, 0) is 26.7 Å². The van der Waals surface area contributed by atoms with Crippen molar-refractivity contribution in [1.82, 2.24) is 18.7 Å². The lowest BCUT2D eigenvalue weighted by atomic mass is 10.1. The van der Waals surface area contributed by atoms with Crippen LogP contribution in [0.25, 0.3) is 11.2 Å². The van der Waals surface area contributed by atoms with Crippen molar-refractivity contribution in [2.24, 2.45) is 12.8 Å². The lowest BCUT2D eigenvalue weighted by Gasteiger charge is -2.31. The van der Waals surface area contributed by atoms with Crippen molar-refractivity contribution in [3.63, 3.8) is 0 Å². The fraction of sp³-hybridized carbons (Fsp3) is 0.579. The van der Waals surface area contributed by atoms with Gasteiger partial charge in [0.2, 0.25) is 5.95 Å². The molecule has 3 rings (SSSR count). The van der Waals surface area contributed by atoms with Gasteiger partial charge < -0.3 is 19.9 Å². The minimum Gasteiger partial charge on any atom is -0.468 e. The average molecular weight is 404 g/mol. The number of nitrogens with zero attached hydrogens (tertiary/aromatic N) is 5. The van der Waals surface area contributed by atoms with Crippen molar-refractivity contribution in [3.8, 4) is 0 Å². The number of carbonyl (C=O) groups is 1. The van der Waals surface area contributed by atoms with E-state index in [0.717, 1.165) is 29.5 Å². The molecule has 1 atom stereocenters. The molecular formula is C19H28N6O4. The molecule has 3 heterocycles. The van der Waals surface area contributed by atoms with E-state index in [1.54, 1.807) is 4.57 Å². The molecule has 10 nitrogen and oxygen atoms in total. The SMILES string of the molecule is COC(=O)Cn1c(=O)n(C)c(=O)c2c1nc(N1CCCC(N)C1)n2CC=C(C)C. The van der Waals surface area contributed by atoms with Crippen LogP contribution in [-0.4, -0.2) is 50.9 Å². The first-order valence-corrected chi connectivity index (χ1v) is 9.65. The number of allylic oxidation sites excluding steroid dienone is 2. The van der Waals surface area contributed by atoms with Crippen LogP contribution < -0.4 is 21.9 Å². The summed E-state index contributed by atoms with van der Waals surface area (Å²) < 4.78 is 8.71. The van der Waals surface area contributed by atoms with E-state index in [1.165, 1.54) is 18.7 Å². The first-order valence-electron chi connectivity index (χ1n) is 9.65. The van der Waals surface area contributed by atoms with Gasteiger partial charge >= 0.3 is 11.7 Å². The number of anilines is 1. The number of rotatable bonds is 5. The van der Waals surface area contributed by atoms with Gasteiger partial charge in [0.15, 0.2) is 11.2 Å². The molecule has 0 aromatic carbocycles. The van der Waals surface area contributed by atoms with Crippen LogP contribution in [0.3, 0.4) is 0 Å². The van der Waals surface area contributed by atoms with E-state index < -0.39 is 17.2 Å². The Morgan fingerprint density at radius 2 is 2.03 bits per heavy atom. The van der Waals surface area contributed by atoms with E-state index in [4.69, 9.17) is 10.5 Å². The zero-order chi connectivity index (χ0) is 21.3. The van der Waals surface area contributed by atoms with Gasteiger partial charge in [-0.3, -0.25) is 18.7 Å². The molecule has 1 fully saturated rings. The summed E-state index contributed by atoms with van der Waals surface area (Å²) in [5.41, 5.74) is 6.64. The second-order valence-corrected chi connectivity index (χ2v) is 7.63. The number of hydrogen-bond donors (Lipinski definition) is 1. The van der Waals surface area contributed by atoms with Gasteiger partial charge in [-0.1, -0.05) is 11.6 Å². The van der Waals surface area contributed by atoms with Crippen LogP contribution in [0.15, 0.2) is 21.2 Å². The summed E-state index contributed by atoms with van der Waals surface area (Å²) in [5.74, 6) is -0.0126. The Labute approximate surface area is 168 Å². The van der Waals surface area contributed by atoms with Crippen LogP contribution in [-0.2, 0) is 29.7 Å². The molecule has 0 amide bonds. The van der Waals surface area contributed by atoms with E-state index in [0.29, 0.717) is 19.0 Å². The Hall–Kier alpha value is -2.88. The van der Waals surface area contributed by atoms with Gasteiger partial charge in [-0.2, -0.15) is 4.98 Å². The lowest BCUT2D eigenvalue weighted by molar-refractivity contribution is -0.141. The highest BCUT2D eigenvalue weighted by molar-refractivity contribution is 5.77. The van der Waals surface area contributed by atoms with Crippen LogP contribution in [0.4, 0.5) is 5.95 Å². The molecule has 29 heavy (non-hydrogen) atoms. The Morgan fingerprint density at radius 3 is 2.66 bits per heavy atom. The number of aromatic nitrogens is 4. The maximum absolute atomic E-state index is 13.0. The number of methoxy groups -OCH3 is 1. The smallest absolute Gasteiger partial charge is 0.333 e. The number of nitrogens with two attached hydrogens (primary N) is 1. The van der Waals surface area contributed by atoms with Crippen molar-refractivity contribution in [1.29, 1.82) is 0 Å². The largest absolute Gasteiger partial charge is 0.468 e. The Bertz CT molecular complexity index is 1070. The van der Waals surface area contributed by atoms with Crippen LogP contribution in [0, 0.1) is 0 Å². The van der Waals surface area contributed by atoms with Crippen molar-refractivity contribution in [2.75, 3.05) is 25.1 Å². The second-order valence-electron chi connectivity index (χ2n) is 7.63. The molecule has 0 radical (unpaired) electrons. The van der Waals surface area contributed by atoms with Crippen molar-refractivity contribution < 1.29 is 9.53 Å². The van der Waals surface area contributed by atoms with Gasteiger partial charge in [0.25, 0.3) is 5.56 Å². The summed E-state index contributed by atoms with van der Waals surface area (Å²) in [6.45, 7) is 5.42. The molecule has 158 valence electrons. The molecule has 1 aliphatic heterocycles. The van der Waals surface area contributed by atoms with Gasteiger partial charge in [0.05, 0.1) is 7.11 Å². The van der Waals surface area contributed by atoms with Crippen LogP contribution in [0.2, 0.25) is 0 Å². The minimum atomic E-state index is -0.610. The van der Waals surface area contributed by atoms with Crippen LogP contribution in [0.1, 0.15) is 26.7 Å². The fourth-order valence-electron chi connectivity index (χ4n) is 3.56. The summed E-state index contributed by atoms with van der Waals surface area (Å²) in [6, 6.07) is 0.0144. The molecular weight excluding hydrogens is 376 g/mol. The highest BCUT2D eigenvalue weighted by Crippen LogP contribution is 2.23. The maximum atomic E-state index is 13.0. The number of carbonyl (C=O) groups excluding carboxylic acids is 1. The Balaban J connectivity index is 2.31. The number of piperidine rings is 1. The van der Waals surface area contributed by atoms with Gasteiger partial charge in [0, 0.05) is 32.7 Å². The van der Waals surface area contributed by atoms with Crippen molar-refractivity contribution in [3.05, 3.63) is 32.5 Å². The molecule has 10 heteroatoms. The Kier molecular flexibility index (Phi) is 5.92. The normalized spacial score (nSPS) is 16.9. The summed E-state index contributed by atoms with van der Waals surface area (Å²) in [7, 11) is 2.65. The van der Waals surface area contributed by atoms with Crippen molar-refractivity contribution in [2.45, 2.75) is 45.8 Å². The molecule has 2 N–H and O–H groups in total. The quantitative estimate of drug-likeness (QED) is 0.549. The number of fused-ring (bicyclic) bond motifs is 1. The van der Waals surface area contributed by atoms with E-state index in [2.05, 4.69) is 4.98 Å². The summed E-state index contributed by atoms with van der Waals surface area (Å²) in [5, 5.41) is 0. The third kappa shape index (κ3) is 3.98. The molecule has 1 unspecified atom stereocenters. The molecule has 2 aromatic rings. The maximum Gasteiger partial charge on any atom is 0.333 e. The molecule has 0 spiro atoms. The third-order valence-corrected chi connectivity index (χ3v) is 5.15. The number of hydrogen-bond acceptors (Lipinski definition) is 7. The van der Waals surface area contributed by atoms with Gasteiger partial charge in [-0.25, -0.2) is 4.79 Å². The van der Waals surface area contributed by atoms with Gasteiger partial charge in [-0.15, -0.1) is 0 Å². The van der Waals surface area contributed by atoms with E-state index in [1.807, 2.05) is 24.8 Å². The first-order chi connectivity index (χ1) is 13.7. The zero-order valence-corrected chi connectivity index (χ0v) is 17.3. The van der Waals surface area contributed by atoms with E-state index >= 15 is 0 Å². The third-order valence-electron chi connectivity index (χ3n) is 5.15. The van der Waals surface area contributed by atoms with Crippen LogP contribution >= 0.6 is 0 Å². The summed E-state index contributed by atoms with van der Waals surface area (Å²) >= 11 is 0. The predicted octanol–water partition coefficient (Wildman–Crippen LogP) is -0.0366. The first kappa shape index (κ1) is 20.8. The molecule has 0 bridgehead atoms. The summed E-state index contributed by atoms with van der Waals surface area (Å²) in [6.07, 6.45) is 3.84. The monoisotopic (exact) mass is 404 g/mol. The highest BCUT2D eigenvalue weighted by atomic mass is 16.5. The lowest BCUT2D eigenvalue weighted by Crippen LogP contribution is -2.44. The van der Waals surface area contributed by atoms with Gasteiger partial charge in [0.1, 0.15) is 6.54 Å². The number of ether oxygens (including phenoxy) is 1. The summed E-state index contributed by atoms with van der Waals surface area (Å²) in [4.78, 5) is 44.3. The van der Waals surface area contributed by atoms with E-state index in [9.17, 15) is 14.4 Å². The number of imidazole rings is 1. The zero-order valence-electron chi connectivity index (χ0n) is 17.3. The molecule has 0 saturated carbocycles. The second kappa shape index (κ2) is 8.24. The van der Waals surface area contributed by atoms with Crippen molar-refractivity contribution >= 4 is 23.1 Å². The average Bonchev–Trinajstić information content (AvgIpc) is 3.07. The molecule has 1 aliphatic rings. The fourth-order valence-corrected chi connectivity index (χ4v) is 3.56. The molecule has 0 aliphatic carbocycles. The predicted molar refractivity (Wildman–Crippen MR) is 110 cm³/mol. The van der Waals surface area contributed by atoms with E-state index in [-0.39, 0.29) is 23.8 Å². The minimum absolute atomic E-state index is 0.0144. The topological polar surface area (TPSA) is 117 Å². The molecule has 2 aromatic heterocycles.